The van der Waals surface area contributed by atoms with Crippen LogP contribution in [-0.2, 0) is 11.8 Å². The second-order valence-electron chi connectivity index (χ2n) is 7.26. The van der Waals surface area contributed by atoms with Crippen molar-refractivity contribution >= 4 is 11.4 Å². The van der Waals surface area contributed by atoms with Gasteiger partial charge in [-0.25, -0.2) is 9.50 Å². The normalized spacial score (nSPS) is 21.7. The zero-order valence-corrected chi connectivity index (χ0v) is 15.7. The van der Waals surface area contributed by atoms with Gasteiger partial charge in [0.2, 0.25) is 11.8 Å². The fourth-order valence-corrected chi connectivity index (χ4v) is 3.52. The van der Waals surface area contributed by atoms with E-state index in [1.807, 2.05) is 32.4 Å². The summed E-state index contributed by atoms with van der Waals surface area (Å²) in [6, 6.07) is 2.02. The van der Waals surface area contributed by atoms with Crippen molar-refractivity contribution in [3.63, 3.8) is 0 Å². The van der Waals surface area contributed by atoms with Gasteiger partial charge in [0.05, 0.1) is 24.3 Å². The van der Waals surface area contributed by atoms with Gasteiger partial charge in [0, 0.05) is 44.7 Å². The Kier molecular flexibility index (Phi) is 3.98. The monoisotopic (exact) mass is 366 g/mol. The van der Waals surface area contributed by atoms with E-state index in [9.17, 15) is 4.79 Å². The zero-order valence-electron chi connectivity index (χ0n) is 15.7. The van der Waals surface area contributed by atoms with E-state index in [0.29, 0.717) is 5.88 Å². The highest BCUT2D eigenvalue weighted by Crippen LogP contribution is 2.40. The molecule has 0 saturated heterocycles. The quantitative estimate of drug-likeness (QED) is 0.646. The molecule has 8 nitrogen and oxygen atoms in total. The van der Waals surface area contributed by atoms with Gasteiger partial charge < -0.3 is 9.64 Å². The average molecular weight is 366 g/mol. The first-order valence-electron chi connectivity index (χ1n) is 8.80. The first-order valence-corrected chi connectivity index (χ1v) is 8.80. The summed E-state index contributed by atoms with van der Waals surface area (Å²) < 4.78 is 9.80. The first-order chi connectivity index (χ1) is 12.9. The van der Waals surface area contributed by atoms with Gasteiger partial charge in [0.25, 0.3) is 0 Å². The maximum Gasteiger partial charge on any atom is 0.245 e. The highest BCUT2D eigenvalue weighted by molar-refractivity contribution is 5.87. The molecule has 3 aromatic rings. The van der Waals surface area contributed by atoms with Gasteiger partial charge in [-0.05, 0) is 19.1 Å². The van der Waals surface area contributed by atoms with Crippen LogP contribution in [0.5, 0.6) is 5.88 Å². The van der Waals surface area contributed by atoms with E-state index in [1.54, 1.807) is 33.5 Å². The maximum atomic E-state index is 11.8. The van der Waals surface area contributed by atoms with E-state index in [0.717, 1.165) is 29.6 Å². The van der Waals surface area contributed by atoms with Crippen molar-refractivity contribution in [2.75, 3.05) is 7.05 Å². The molecule has 140 valence electrons. The number of carbonyl (C=O) groups is 1. The molecule has 0 bridgehead atoms. The highest BCUT2D eigenvalue weighted by atomic mass is 16.5. The average Bonchev–Trinajstić information content (AvgIpc) is 3.26. The molecule has 0 spiro atoms. The van der Waals surface area contributed by atoms with Crippen molar-refractivity contribution in [2.24, 2.45) is 7.05 Å². The first kappa shape index (κ1) is 17.3. The van der Waals surface area contributed by atoms with Gasteiger partial charge in [-0.15, -0.1) is 0 Å². The van der Waals surface area contributed by atoms with E-state index in [4.69, 9.17) is 9.72 Å². The molecule has 0 unspecified atom stereocenters. The summed E-state index contributed by atoms with van der Waals surface area (Å²) in [6.07, 6.45) is 10.1. The van der Waals surface area contributed by atoms with Crippen molar-refractivity contribution in [1.29, 1.82) is 0 Å². The smallest absolute Gasteiger partial charge is 0.245 e. The van der Waals surface area contributed by atoms with Gasteiger partial charge >= 0.3 is 0 Å². The van der Waals surface area contributed by atoms with Crippen LogP contribution in [0.3, 0.4) is 0 Å². The number of nitrogens with zero attached hydrogens (tertiary/aromatic N) is 6. The number of hydrogen-bond donors (Lipinski definition) is 0. The number of carbonyl (C=O) groups excluding carboxylic acids is 1. The van der Waals surface area contributed by atoms with E-state index in [1.165, 1.54) is 6.08 Å². The Bertz CT molecular complexity index is 1010. The number of aromatic nitrogens is 5. The lowest BCUT2D eigenvalue weighted by Crippen LogP contribution is -2.56. The standard InChI is InChI=1S/C19H22N6O2/c1-5-17(26)24(4)14-8-19(2,9-14)27-18-16-6-7-20-25(16)12-15(22-18)13-10-21-23(3)11-13/h5-7,10-12,14H,1,8-9H2,2-4H3. The Morgan fingerprint density at radius 1 is 1.41 bits per heavy atom. The van der Waals surface area contributed by atoms with E-state index < -0.39 is 0 Å². The summed E-state index contributed by atoms with van der Waals surface area (Å²) in [5.74, 6) is 0.462. The summed E-state index contributed by atoms with van der Waals surface area (Å²) in [7, 11) is 3.66. The van der Waals surface area contributed by atoms with Crippen LogP contribution in [0.25, 0.3) is 16.8 Å². The molecule has 0 aromatic carbocycles. The van der Waals surface area contributed by atoms with Gasteiger partial charge in [-0.2, -0.15) is 10.2 Å². The highest BCUT2D eigenvalue weighted by Gasteiger charge is 2.45. The molecule has 0 radical (unpaired) electrons. The number of likely N-dealkylation sites (N-methyl/N-ethyl adjacent to an activating group) is 1. The topological polar surface area (TPSA) is 77.6 Å². The molecule has 4 rings (SSSR count). The summed E-state index contributed by atoms with van der Waals surface area (Å²) in [5, 5.41) is 8.54. The fraction of sp³-hybridized carbons (Fsp3) is 0.368. The van der Waals surface area contributed by atoms with Crippen LogP contribution in [-0.4, -0.2) is 53.9 Å². The van der Waals surface area contributed by atoms with Crippen LogP contribution in [0.2, 0.25) is 0 Å². The Labute approximate surface area is 157 Å². The number of hydrogen-bond acceptors (Lipinski definition) is 5. The lowest BCUT2D eigenvalue weighted by atomic mass is 9.76. The second kappa shape index (κ2) is 6.22. The molecule has 0 atom stereocenters. The van der Waals surface area contributed by atoms with Crippen LogP contribution in [0.15, 0.2) is 43.5 Å². The number of fused-ring (bicyclic) bond motifs is 1. The molecular formula is C19H22N6O2. The van der Waals surface area contributed by atoms with Crippen molar-refractivity contribution < 1.29 is 9.53 Å². The van der Waals surface area contributed by atoms with Crippen molar-refractivity contribution in [3.05, 3.63) is 43.5 Å². The minimum Gasteiger partial charge on any atom is -0.470 e. The van der Waals surface area contributed by atoms with Crippen LogP contribution < -0.4 is 4.74 Å². The molecule has 1 saturated carbocycles. The zero-order chi connectivity index (χ0) is 19.2. The number of ether oxygens (including phenoxy) is 1. The van der Waals surface area contributed by atoms with E-state index in [2.05, 4.69) is 16.8 Å². The van der Waals surface area contributed by atoms with Crippen molar-refractivity contribution in [2.45, 2.75) is 31.4 Å². The molecule has 3 heterocycles. The van der Waals surface area contributed by atoms with Gasteiger partial charge in [-0.1, -0.05) is 6.58 Å². The van der Waals surface area contributed by atoms with Crippen LogP contribution in [0, 0.1) is 0 Å². The van der Waals surface area contributed by atoms with Crippen molar-refractivity contribution in [3.8, 4) is 17.1 Å². The molecule has 0 aliphatic heterocycles. The molecule has 1 fully saturated rings. The van der Waals surface area contributed by atoms with Crippen molar-refractivity contribution in [1.82, 2.24) is 29.3 Å². The largest absolute Gasteiger partial charge is 0.470 e. The summed E-state index contributed by atoms with van der Waals surface area (Å²) >= 11 is 0. The molecule has 3 aromatic heterocycles. The predicted octanol–water partition coefficient (Wildman–Crippen LogP) is 2.07. The van der Waals surface area contributed by atoms with Crippen LogP contribution in [0.1, 0.15) is 19.8 Å². The molecule has 0 N–H and O–H groups in total. The molecular weight excluding hydrogens is 344 g/mol. The lowest BCUT2D eigenvalue weighted by Gasteiger charge is -2.48. The maximum absolute atomic E-state index is 11.8. The second-order valence-corrected chi connectivity index (χ2v) is 7.26. The third-order valence-electron chi connectivity index (χ3n) is 5.10. The van der Waals surface area contributed by atoms with E-state index >= 15 is 0 Å². The summed E-state index contributed by atoms with van der Waals surface area (Å²) in [4.78, 5) is 18.2. The summed E-state index contributed by atoms with van der Waals surface area (Å²) in [5.41, 5.74) is 2.06. The number of amides is 1. The third kappa shape index (κ3) is 3.07. The fourth-order valence-electron chi connectivity index (χ4n) is 3.52. The molecule has 8 heteroatoms. The predicted molar refractivity (Wildman–Crippen MR) is 100 cm³/mol. The number of rotatable bonds is 5. The Morgan fingerprint density at radius 3 is 2.85 bits per heavy atom. The van der Waals surface area contributed by atoms with Gasteiger partial charge in [-0.3, -0.25) is 9.48 Å². The van der Waals surface area contributed by atoms with Crippen LogP contribution in [0.4, 0.5) is 0 Å². The molecule has 1 amide bonds. The van der Waals surface area contributed by atoms with E-state index in [-0.39, 0.29) is 17.6 Å². The van der Waals surface area contributed by atoms with Gasteiger partial charge in [0.15, 0.2) is 0 Å². The number of aryl methyl sites for hydroxylation is 1. The minimum absolute atomic E-state index is 0.0723. The van der Waals surface area contributed by atoms with Crippen LogP contribution >= 0.6 is 0 Å². The van der Waals surface area contributed by atoms with Gasteiger partial charge in [0.1, 0.15) is 11.1 Å². The third-order valence-corrected chi connectivity index (χ3v) is 5.10. The Balaban J connectivity index is 1.60. The Hall–Kier alpha value is -3.16. The Morgan fingerprint density at radius 2 is 2.19 bits per heavy atom. The minimum atomic E-state index is -0.383. The molecule has 27 heavy (non-hydrogen) atoms. The SMILES string of the molecule is C=CC(=O)N(C)C1CC(C)(Oc2nc(-c3cnn(C)c3)cn3nccc23)C1. The summed E-state index contributed by atoms with van der Waals surface area (Å²) in [6.45, 7) is 5.59. The lowest BCUT2D eigenvalue weighted by molar-refractivity contribution is -0.133. The molecule has 1 aliphatic carbocycles. The molecule has 1 aliphatic rings.